The Hall–Kier alpha value is -2.65. The zero-order chi connectivity index (χ0) is 23.0. The monoisotopic (exact) mass is 459 g/mol. The summed E-state index contributed by atoms with van der Waals surface area (Å²) < 4.78 is 24.9. The zero-order valence-corrected chi connectivity index (χ0v) is 19.3. The second-order valence-corrected chi connectivity index (χ2v) is 9.01. The number of rotatable bonds is 4. The molecule has 1 aromatic carbocycles. The van der Waals surface area contributed by atoms with Crippen molar-refractivity contribution in [3.8, 4) is 0 Å². The Morgan fingerprint density at radius 2 is 2.00 bits per heavy atom. The minimum absolute atomic E-state index is 0.0241. The van der Waals surface area contributed by atoms with Crippen molar-refractivity contribution in [3.05, 3.63) is 58.0 Å². The molecule has 9 heteroatoms. The summed E-state index contributed by atoms with van der Waals surface area (Å²) in [6.07, 6.45) is 0.0849. The largest absolute Gasteiger partial charge is 0.466 e. The third kappa shape index (κ3) is 4.31. The van der Waals surface area contributed by atoms with E-state index in [0.29, 0.717) is 40.8 Å². The van der Waals surface area contributed by atoms with E-state index in [9.17, 15) is 14.0 Å². The summed E-state index contributed by atoms with van der Waals surface area (Å²) in [6, 6.07) is 5.49. The van der Waals surface area contributed by atoms with E-state index in [4.69, 9.17) is 9.47 Å². The number of ether oxygens (including phenoxy) is 2. The summed E-state index contributed by atoms with van der Waals surface area (Å²) >= 11 is 1.39. The Bertz CT molecular complexity index is 1030. The van der Waals surface area contributed by atoms with Crippen LogP contribution in [-0.2, 0) is 19.1 Å². The van der Waals surface area contributed by atoms with Crippen molar-refractivity contribution in [2.24, 2.45) is 4.99 Å². The van der Waals surface area contributed by atoms with Gasteiger partial charge in [-0.2, -0.15) is 0 Å². The van der Waals surface area contributed by atoms with Gasteiger partial charge in [0.15, 0.2) is 5.17 Å². The third-order valence-corrected chi connectivity index (χ3v) is 6.56. The number of fused-ring (bicyclic) bond motifs is 1. The number of carbonyl (C=O) groups excluding carboxylic acids is 2. The molecule has 170 valence electrons. The number of morpholine rings is 1. The first-order valence-electron chi connectivity index (χ1n) is 10.5. The lowest BCUT2D eigenvalue weighted by atomic mass is 9.93. The highest BCUT2D eigenvalue weighted by Crippen LogP contribution is 2.45. The maximum atomic E-state index is 14.1. The van der Waals surface area contributed by atoms with Gasteiger partial charge >= 0.3 is 5.97 Å². The number of hydrogen-bond donors (Lipinski definition) is 0. The van der Waals surface area contributed by atoms with Gasteiger partial charge in [0.25, 0.3) is 0 Å². The highest BCUT2D eigenvalue weighted by Gasteiger charge is 2.41. The quantitative estimate of drug-likeness (QED) is 0.641. The summed E-state index contributed by atoms with van der Waals surface area (Å²) in [4.78, 5) is 34.1. The molecule has 3 atom stereocenters. The maximum absolute atomic E-state index is 14.1. The molecule has 4 rings (SSSR count). The summed E-state index contributed by atoms with van der Waals surface area (Å²) in [5.74, 6) is -0.958. The first kappa shape index (κ1) is 22.5. The highest BCUT2D eigenvalue weighted by molar-refractivity contribution is 8.16. The number of amidine groups is 1. The number of amides is 1. The van der Waals surface area contributed by atoms with Gasteiger partial charge in [-0.05, 0) is 43.9 Å². The van der Waals surface area contributed by atoms with Gasteiger partial charge in [0.2, 0.25) is 5.91 Å². The van der Waals surface area contributed by atoms with E-state index in [-0.39, 0.29) is 24.5 Å². The standard InChI is InChI=1S/C23H26FN3O4S/c1-13-10-26(11-14(2)31-13)19(28)9-18-12-32-23-25-15(3)20(22(29)30-4)21(27(18)23)16-6-5-7-17(24)8-16/h5-8,12-14,21H,9-11H2,1-4H3/t13-,14+,21-/m1/s1. The first-order chi connectivity index (χ1) is 15.3. The minimum Gasteiger partial charge on any atom is -0.466 e. The number of carbonyl (C=O) groups is 2. The lowest BCUT2D eigenvalue weighted by molar-refractivity contribution is -0.142. The number of benzene rings is 1. The highest BCUT2D eigenvalue weighted by atomic mass is 32.2. The van der Waals surface area contributed by atoms with Crippen molar-refractivity contribution >= 4 is 28.8 Å². The smallest absolute Gasteiger partial charge is 0.338 e. The van der Waals surface area contributed by atoms with Crippen LogP contribution in [0.4, 0.5) is 4.39 Å². The lowest BCUT2D eigenvalue weighted by Crippen LogP contribution is -2.48. The summed E-state index contributed by atoms with van der Waals surface area (Å²) in [5.41, 5.74) is 2.15. The molecule has 0 aromatic heterocycles. The van der Waals surface area contributed by atoms with Crippen LogP contribution in [0.2, 0.25) is 0 Å². The van der Waals surface area contributed by atoms with Crippen molar-refractivity contribution < 1.29 is 23.5 Å². The molecule has 0 bridgehead atoms. The van der Waals surface area contributed by atoms with Crippen molar-refractivity contribution in [2.75, 3.05) is 20.2 Å². The molecule has 3 aliphatic heterocycles. The molecule has 3 heterocycles. The average Bonchev–Trinajstić information content (AvgIpc) is 3.13. The molecule has 1 saturated heterocycles. The van der Waals surface area contributed by atoms with Crippen LogP contribution < -0.4 is 0 Å². The second kappa shape index (κ2) is 9.07. The van der Waals surface area contributed by atoms with Crippen molar-refractivity contribution in [1.82, 2.24) is 9.80 Å². The van der Waals surface area contributed by atoms with E-state index >= 15 is 0 Å². The molecule has 0 saturated carbocycles. The zero-order valence-electron chi connectivity index (χ0n) is 18.5. The van der Waals surface area contributed by atoms with Gasteiger partial charge in [-0.3, -0.25) is 4.79 Å². The number of aliphatic imine (C=N–C) groups is 1. The van der Waals surface area contributed by atoms with E-state index in [1.165, 1.54) is 31.0 Å². The fraction of sp³-hybridized carbons (Fsp3) is 0.435. The topological polar surface area (TPSA) is 71.4 Å². The molecular weight excluding hydrogens is 433 g/mol. The van der Waals surface area contributed by atoms with Gasteiger partial charge < -0.3 is 19.3 Å². The summed E-state index contributed by atoms with van der Waals surface area (Å²) in [7, 11) is 1.31. The molecule has 1 amide bonds. The molecule has 3 aliphatic rings. The van der Waals surface area contributed by atoms with Crippen LogP contribution in [0.3, 0.4) is 0 Å². The fourth-order valence-corrected chi connectivity index (χ4v) is 5.35. The van der Waals surface area contributed by atoms with Crippen LogP contribution in [0.1, 0.15) is 38.8 Å². The molecular formula is C23H26FN3O4S. The van der Waals surface area contributed by atoms with Gasteiger partial charge in [0.1, 0.15) is 5.82 Å². The molecule has 0 unspecified atom stereocenters. The second-order valence-electron chi connectivity index (χ2n) is 8.17. The number of esters is 1. The molecule has 7 nitrogen and oxygen atoms in total. The van der Waals surface area contributed by atoms with Gasteiger partial charge in [-0.15, -0.1) is 0 Å². The Kier molecular flexibility index (Phi) is 6.39. The Balaban J connectivity index is 1.67. The third-order valence-electron chi connectivity index (χ3n) is 5.68. The molecule has 0 radical (unpaired) electrons. The maximum Gasteiger partial charge on any atom is 0.338 e. The van der Waals surface area contributed by atoms with Gasteiger partial charge in [0.05, 0.1) is 43.1 Å². The van der Waals surface area contributed by atoms with Gasteiger partial charge in [-0.1, -0.05) is 23.9 Å². The van der Waals surface area contributed by atoms with Crippen LogP contribution in [-0.4, -0.2) is 59.3 Å². The average molecular weight is 460 g/mol. The minimum atomic E-state index is -0.637. The van der Waals surface area contributed by atoms with Crippen molar-refractivity contribution in [1.29, 1.82) is 0 Å². The summed E-state index contributed by atoms with van der Waals surface area (Å²) in [6.45, 7) is 6.70. The Morgan fingerprint density at radius 1 is 1.28 bits per heavy atom. The lowest BCUT2D eigenvalue weighted by Gasteiger charge is -2.38. The predicted octanol–water partition coefficient (Wildman–Crippen LogP) is 3.60. The van der Waals surface area contributed by atoms with E-state index in [1.807, 2.05) is 29.1 Å². The van der Waals surface area contributed by atoms with Crippen LogP contribution in [0.5, 0.6) is 0 Å². The van der Waals surface area contributed by atoms with Crippen molar-refractivity contribution in [2.45, 2.75) is 45.4 Å². The van der Waals surface area contributed by atoms with E-state index in [2.05, 4.69) is 4.99 Å². The van der Waals surface area contributed by atoms with Gasteiger partial charge in [0, 0.05) is 18.8 Å². The van der Waals surface area contributed by atoms with Crippen LogP contribution in [0, 0.1) is 5.82 Å². The number of thioether (sulfide) groups is 1. The van der Waals surface area contributed by atoms with E-state index in [0.717, 1.165) is 0 Å². The molecule has 1 fully saturated rings. The van der Waals surface area contributed by atoms with E-state index < -0.39 is 17.8 Å². The van der Waals surface area contributed by atoms with E-state index in [1.54, 1.807) is 19.1 Å². The molecule has 1 aromatic rings. The van der Waals surface area contributed by atoms with Crippen LogP contribution in [0.25, 0.3) is 0 Å². The van der Waals surface area contributed by atoms with Crippen LogP contribution in [0.15, 0.2) is 51.6 Å². The number of hydrogen-bond acceptors (Lipinski definition) is 7. The Labute approximate surface area is 190 Å². The predicted molar refractivity (Wildman–Crippen MR) is 120 cm³/mol. The molecule has 0 aliphatic carbocycles. The Morgan fingerprint density at radius 3 is 2.66 bits per heavy atom. The molecule has 0 N–H and O–H groups in total. The summed E-state index contributed by atoms with van der Waals surface area (Å²) in [5, 5.41) is 2.53. The number of halogens is 1. The molecule has 32 heavy (non-hydrogen) atoms. The number of methoxy groups -OCH3 is 1. The van der Waals surface area contributed by atoms with Crippen LogP contribution >= 0.6 is 11.8 Å². The normalized spacial score (nSPS) is 25.3. The first-order valence-corrected chi connectivity index (χ1v) is 11.4. The van der Waals surface area contributed by atoms with Crippen molar-refractivity contribution in [3.63, 3.8) is 0 Å². The number of nitrogens with zero attached hydrogens (tertiary/aromatic N) is 3. The van der Waals surface area contributed by atoms with Gasteiger partial charge in [-0.25, -0.2) is 14.2 Å². The molecule has 0 spiro atoms. The number of allylic oxidation sites excluding steroid dienone is 1. The SMILES string of the molecule is COC(=O)C1=C(C)N=C2SC=C(CC(=O)N3C[C@@H](C)O[C@@H](C)C3)N2[C@@H]1c1cccc(F)c1. The fourth-order valence-electron chi connectivity index (χ4n) is 4.38.